The Kier molecular flexibility index (Phi) is 8.58. The van der Waals surface area contributed by atoms with Gasteiger partial charge < -0.3 is 14.5 Å². The summed E-state index contributed by atoms with van der Waals surface area (Å²) < 4.78 is 11.0. The maximum absolute atomic E-state index is 5.60. The zero-order valence-corrected chi connectivity index (χ0v) is 13.4. The van der Waals surface area contributed by atoms with Gasteiger partial charge in [0, 0.05) is 25.3 Å². The average Bonchev–Trinajstić information content (AvgIpc) is 2.85. The molecule has 116 valence electrons. The highest BCUT2D eigenvalue weighted by molar-refractivity contribution is 5.16. The van der Waals surface area contributed by atoms with Crippen LogP contribution in [0.1, 0.15) is 39.0 Å². The van der Waals surface area contributed by atoms with Crippen molar-refractivity contribution in [3.05, 3.63) is 23.7 Å². The summed E-state index contributed by atoms with van der Waals surface area (Å²) in [5.74, 6) is 1.72. The zero-order valence-electron chi connectivity index (χ0n) is 13.4. The molecule has 0 amide bonds. The van der Waals surface area contributed by atoms with Gasteiger partial charge in [0.15, 0.2) is 0 Å². The molecule has 0 spiro atoms. The molecule has 0 saturated carbocycles. The Morgan fingerprint density at radius 1 is 1.35 bits per heavy atom. The number of ether oxygens (including phenoxy) is 1. The Hall–Kier alpha value is -0.840. The van der Waals surface area contributed by atoms with Crippen molar-refractivity contribution in [2.24, 2.45) is 5.92 Å². The van der Waals surface area contributed by atoms with E-state index in [9.17, 15) is 0 Å². The highest BCUT2D eigenvalue weighted by Crippen LogP contribution is 2.13. The van der Waals surface area contributed by atoms with E-state index in [0.717, 1.165) is 51.7 Å². The van der Waals surface area contributed by atoms with Gasteiger partial charge in [-0.25, -0.2) is 0 Å². The molecule has 20 heavy (non-hydrogen) atoms. The van der Waals surface area contributed by atoms with Crippen molar-refractivity contribution >= 4 is 0 Å². The van der Waals surface area contributed by atoms with Gasteiger partial charge >= 0.3 is 0 Å². The Labute approximate surface area is 123 Å². The summed E-state index contributed by atoms with van der Waals surface area (Å²) in [6.45, 7) is 15.0. The number of nitrogens with zero attached hydrogens (tertiary/aromatic N) is 1. The van der Waals surface area contributed by atoms with E-state index in [1.165, 1.54) is 5.56 Å². The molecule has 0 radical (unpaired) electrons. The minimum Gasteiger partial charge on any atom is -0.468 e. The Morgan fingerprint density at radius 3 is 2.80 bits per heavy atom. The van der Waals surface area contributed by atoms with Gasteiger partial charge in [0.1, 0.15) is 5.76 Å². The van der Waals surface area contributed by atoms with Crippen molar-refractivity contribution in [1.29, 1.82) is 0 Å². The van der Waals surface area contributed by atoms with Gasteiger partial charge in [-0.05, 0) is 32.0 Å². The molecule has 0 bridgehead atoms. The zero-order chi connectivity index (χ0) is 14.8. The molecule has 0 aliphatic rings. The Bertz CT molecular complexity index is 350. The first-order valence-corrected chi connectivity index (χ1v) is 7.73. The van der Waals surface area contributed by atoms with Gasteiger partial charge in [-0.2, -0.15) is 0 Å². The third kappa shape index (κ3) is 6.55. The van der Waals surface area contributed by atoms with Gasteiger partial charge in [0.25, 0.3) is 0 Å². The first kappa shape index (κ1) is 17.2. The molecule has 1 aromatic rings. The molecule has 0 aliphatic carbocycles. The van der Waals surface area contributed by atoms with E-state index in [2.05, 4.69) is 37.1 Å². The van der Waals surface area contributed by atoms with Gasteiger partial charge in [-0.1, -0.05) is 20.8 Å². The lowest BCUT2D eigenvalue weighted by atomic mass is 10.2. The van der Waals surface area contributed by atoms with Gasteiger partial charge in [-0.15, -0.1) is 0 Å². The van der Waals surface area contributed by atoms with Crippen LogP contribution in [0.4, 0.5) is 0 Å². The molecular formula is C16H30N2O2. The molecule has 0 aromatic carbocycles. The lowest BCUT2D eigenvalue weighted by molar-refractivity contribution is 0.112. The predicted octanol–water partition coefficient (Wildman–Crippen LogP) is 2.88. The highest BCUT2D eigenvalue weighted by Gasteiger charge is 2.10. The van der Waals surface area contributed by atoms with E-state index in [1.807, 2.05) is 6.92 Å². The normalized spacial score (nSPS) is 11.7. The van der Waals surface area contributed by atoms with E-state index < -0.39 is 0 Å². The van der Waals surface area contributed by atoms with Crippen LogP contribution in [0.3, 0.4) is 0 Å². The van der Waals surface area contributed by atoms with E-state index in [4.69, 9.17) is 9.15 Å². The van der Waals surface area contributed by atoms with E-state index >= 15 is 0 Å². The first-order chi connectivity index (χ1) is 9.67. The smallest absolute Gasteiger partial charge is 0.122 e. The minimum atomic E-state index is 0.659. The molecular weight excluding hydrogens is 252 g/mol. The SMILES string of the molecule is CCOCCN(CC)Cc1ccoc1CNCC(C)C. The lowest BCUT2D eigenvalue weighted by Gasteiger charge is -2.20. The standard InChI is InChI=1S/C16H30N2O2/c1-5-18(8-10-19-6-2)13-15-7-9-20-16(15)12-17-11-14(3)4/h7,9,14,17H,5-6,8,10-13H2,1-4H3. The van der Waals surface area contributed by atoms with Crippen molar-refractivity contribution in [3.8, 4) is 0 Å². The largest absolute Gasteiger partial charge is 0.468 e. The second-order valence-corrected chi connectivity index (χ2v) is 5.46. The number of nitrogens with one attached hydrogen (secondary N) is 1. The maximum Gasteiger partial charge on any atom is 0.122 e. The van der Waals surface area contributed by atoms with Crippen LogP contribution >= 0.6 is 0 Å². The van der Waals surface area contributed by atoms with Crippen molar-refractivity contribution in [1.82, 2.24) is 10.2 Å². The fraction of sp³-hybridized carbons (Fsp3) is 0.750. The van der Waals surface area contributed by atoms with Crippen LogP contribution in [0.15, 0.2) is 16.7 Å². The average molecular weight is 282 g/mol. The van der Waals surface area contributed by atoms with Crippen LogP contribution in [-0.4, -0.2) is 37.7 Å². The van der Waals surface area contributed by atoms with Crippen molar-refractivity contribution in [2.75, 3.05) is 32.8 Å². The number of hydrogen-bond acceptors (Lipinski definition) is 4. The van der Waals surface area contributed by atoms with Crippen LogP contribution in [0, 0.1) is 5.92 Å². The fourth-order valence-electron chi connectivity index (χ4n) is 2.07. The van der Waals surface area contributed by atoms with E-state index in [1.54, 1.807) is 6.26 Å². The number of likely N-dealkylation sites (N-methyl/N-ethyl adjacent to an activating group) is 1. The fourth-order valence-corrected chi connectivity index (χ4v) is 2.07. The summed E-state index contributed by atoms with van der Waals surface area (Å²) in [6, 6.07) is 2.08. The summed E-state index contributed by atoms with van der Waals surface area (Å²) in [6.07, 6.45) is 1.79. The van der Waals surface area contributed by atoms with E-state index in [0.29, 0.717) is 5.92 Å². The first-order valence-electron chi connectivity index (χ1n) is 7.73. The van der Waals surface area contributed by atoms with Crippen LogP contribution in [0.25, 0.3) is 0 Å². The monoisotopic (exact) mass is 282 g/mol. The Morgan fingerprint density at radius 2 is 2.15 bits per heavy atom. The second kappa shape index (κ2) is 9.97. The topological polar surface area (TPSA) is 37.6 Å². The summed E-state index contributed by atoms with van der Waals surface area (Å²) in [5.41, 5.74) is 1.28. The molecule has 4 heteroatoms. The van der Waals surface area contributed by atoms with Crippen molar-refractivity contribution in [3.63, 3.8) is 0 Å². The molecule has 4 nitrogen and oxygen atoms in total. The summed E-state index contributed by atoms with van der Waals surface area (Å²) >= 11 is 0. The van der Waals surface area contributed by atoms with Crippen LogP contribution < -0.4 is 5.32 Å². The number of furan rings is 1. The molecule has 1 rings (SSSR count). The summed E-state index contributed by atoms with van der Waals surface area (Å²) in [4.78, 5) is 2.38. The molecule has 0 atom stereocenters. The third-order valence-electron chi connectivity index (χ3n) is 3.27. The Balaban J connectivity index is 2.43. The molecule has 1 N–H and O–H groups in total. The molecule has 0 aliphatic heterocycles. The number of rotatable bonds is 11. The molecule has 0 saturated heterocycles. The van der Waals surface area contributed by atoms with Gasteiger partial charge in [-0.3, -0.25) is 4.90 Å². The maximum atomic E-state index is 5.60. The van der Waals surface area contributed by atoms with E-state index in [-0.39, 0.29) is 0 Å². The minimum absolute atomic E-state index is 0.659. The molecule has 0 fully saturated rings. The highest BCUT2D eigenvalue weighted by atomic mass is 16.5. The quantitative estimate of drug-likeness (QED) is 0.633. The van der Waals surface area contributed by atoms with Crippen molar-refractivity contribution in [2.45, 2.75) is 40.8 Å². The molecule has 0 unspecified atom stereocenters. The van der Waals surface area contributed by atoms with Crippen LogP contribution in [-0.2, 0) is 17.8 Å². The molecule has 1 heterocycles. The van der Waals surface area contributed by atoms with Gasteiger partial charge in [0.2, 0.25) is 0 Å². The third-order valence-corrected chi connectivity index (χ3v) is 3.27. The summed E-state index contributed by atoms with van der Waals surface area (Å²) in [7, 11) is 0. The second-order valence-electron chi connectivity index (χ2n) is 5.46. The lowest BCUT2D eigenvalue weighted by Crippen LogP contribution is -2.27. The predicted molar refractivity (Wildman–Crippen MR) is 82.7 cm³/mol. The van der Waals surface area contributed by atoms with Gasteiger partial charge in [0.05, 0.1) is 19.4 Å². The number of hydrogen-bond donors (Lipinski definition) is 1. The van der Waals surface area contributed by atoms with Crippen molar-refractivity contribution < 1.29 is 9.15 Å². The van der Waals surface area contributed by atoms with Crippen LogP contribution in [0.5, 0.6) is 0 Å². The summed E-state index contributed by atoms with van der Waals surface area (Å²) in [5, 5.41) is 3.43. The molecule has 1 aromatic heterocycles. The van der Waals surface area contributed by atoms with Crippen LogP contribution in [0.2, 0.25) is 0 Å².